The van der Waals surface area contributed by atoms with Crippen LogP contribution in [0.25, 0.3) is 0 Å². The predicted octanol–water partition coefficient (Wildman–Crippen LogP) is 12.5. The summed E-state index contributed by atoms with van der Waals surface area (Å²) in [5.74, 6) is 1.32. The number of hydrogen-bond acceptors (Lipinski definition) is 22. The SMILES string of the molecule is CCCCCCCCCCC(=O)COc1cccc2c1CN(C1CCC(=O)NC1=O)C2=O.COc1cc(C(=O)NCCCCCCCCNC(=O)COc2cccc3c2CN(C2CCC(=O)NC2=O)C3=O)ccc1Nc1ccc2c(n1)N(C1CCCC1)[C@H](C)C(=O)N2C.COc1cc(C(=O)O)ccc1Nc1ccc2c(n1)N(C1CCCC1)[C@H](C)C(=O)N2C. The molecule has 6 aliphatic heterocycles. The number of pyridine rings is 2. The third-order valence-electron chi connectivity index (χ3n) is 24.4. The van der Waals surface area contributed by atoms with E-state index in [0.717, 1.165) is 126 Å². The Balaban J connectivity index is 0.000000186. The van der Waals surface area contributed by atoms with Crippen LogP contribution in [0.1, 0.15) is 247 Å². The van der Waals surface area contributed by atoms with Gasteiger partial charge in [0.25, 0.3) is 23.6 Å². The number of ketones is 1. The zero-order valence-corrected chi connectivity index (χ0v) is 71.6. The molecule has 4 fully saturated rings. The highest BCUT2D eigenvalue weighted by Gasteiger charge is 2.45. The van der Waals surface area contributed by atoms with Gasteiger partial charge in [-0.25, -0.2) is 14.8 Å². The van der Waals surface area contributed by atoms with E-state index in [1.165, 1.54) is 67.6 Å². The number of Topliss-reactive ketones (excluding diaryl/α,β-unsaturated/α-hetero) is 1. The van der Waals surface area contributed by atoms with Gasteiger partial charge in [-0.05, 0) is 157 Å². The number of anilines is 8. The molecule has 2 saturated heterocycles. The lowest BCUT2D eigenvalue weighted by molar-refractivity contribution is -0.138. The van der Waals surface area contributed by atoms with Gasteiger partial charge in [-0.2, -0.15) is 0 Å². The Morgan fingerprint density at radius 1 is 0.496 bits per heavy atom. The van der Waals surface area contributed by atoms with Crippen molar-refractivity contribution in [2.75, 3.05) is 84.9 Å². The Morgan fingerprint density at radius 3 is 1.38 bits per heavy atom. The minimum atomic E-state index is -1.01. The van der Waals surface area contributed by atoms with E-state index in [1.807, 2.05) is 44.2 Å². The highest BCUT2D eigenvalue weighted by atomic mass is 16.5. The molecule has 31 nitrogen and oxygen atoms in total. The number of fused-ring (bicyclic) bond motifs is 4. The van der Waals surface area contributed by atoms with Crippen molar-refractivity contribution in [2.24, 2.45) is 0 Å². The molecule has 7 N–H and O–H groups in total. The number of piperidine rings is 2. The number of methoxy groups -OCH3 is 2. The van der Waals surface area contributed by atoms with Crippen LogP contribution in [-0.2, 0) is 51.4 Å². The molecule has 0 bridgehead atoms. The van der Waals surface area contributed by atoms with E-state index in [-0.39, 0.29) is 122 Å². The molecule has 31 heteroatoms. The Morgan fingerprint density at radius 2 is 0.927 bits per heavy atom. The lowest BCUT2D eigenvalue weighted by atomic mass is 10.0. The molecule has 2 aliphatic carbocycles. The van der Waals surface area contributed by atoms with Crippen LogP contribution in [0.5, 0.6) is 23.0 Å². The summed E-state index contributed by atoms with van der Waals surface area (Å²) in [7, 11) is 6.65. The number of aromatic carboxylic acids is 1. The summed E-state index contributed by atoms with van der Waals surface area (Å²) in [5, 5.41) is 26.3. The number of rotatable bonds is 36. The largest absolute Gasteiger partial charge is 0.495 e. The van der Waals surface area contributed by atoms with Crippen molar-refractivity contribution in [2.45, 2.75) is 243 Å². The number of carboxylic acids is 1. The number of carbonyl (C=O) groups is 12. The predicted molar refractivity (Wildman–Crippen MR) is 464 cm³/mol. The Kier molecular flexibility index (Phi) is 31.2. The number of hydrogen-bond donors (Lipinski definition) is 7. The number of benzene rings is 4. The second-order valence-corrected chi connectivity index (χ2v) is 32.7. The lowest BCUT2D eigenvalue weighted by Crippen LogP contribution is -2.54. The zero-order chi connectivity index (χ0) is 87.4. The van der Waals surface area contributed by atoms with Gasteiger partial charge in [0.05, 0.1) is 55.6 Å². The van der Waals surface area contributed by atoms with Gasteiger partial charge in [0, 0.05) is 86.3 Å². The molecule has 6 aromatic rings. The van der Waals surface area contributed by atoms with Crippen molar-refractivity contribution >= 4 is 117 Å². The maximum Gasteiger partial charge on any atom is 0.335 e. The number of carboxylic acid groups (broad SMARTS) is 1. The standard InChI is InChI=1S/C45H56N8O8.C25H34N2O5.C22H26N4O4/c1-28-44(58)51(2)34-19-21-38(49-41(34)53(28)30-13-8-9-14-30)48-33-18-17-29(25-37(33)60-3)42(56)47-24-11-7-5-4-6-10-23-46-40(55)27-61-36-16-12-15-31-32(36)26-52(45(31)59)35-20-22-39(54)50-43(35)57;1-2-3-4-5-6-7-8-9-11-18(28)17-32-22-13-10-12-19-20(22)16-27(25(19)31)21-14-15-23(29)26-24(21)30;1-13-21(27)25(2)17-10-11-19(24-20(17)26(13)15-6-4-5-7-15)23-16-9-8-14(22(28)29)12-18(16)30-3/h12,15-19,21,25,28,30,35H,4-11,13-14,20,22-24,26-27H2,1-3H3,(H,46,55)(H,47,56)(H,48,49)(H,50,54,57);10,12-13,21H,2-9,11,14-17H2,1H3,(H,26,29,30);8-13,15H,4-7H2,1-3H3,(H,23,24)(H,28,29)/t28-,35?;;13-/m1.1/s1. The third kappa shape index (κ3) is 22.0. The fourth-order valence-electron chi connectivity index (χ4n) is 17.6. The van der Waals surface area contributed by atoms with Crippen LogP contribution in [0.2, 0.25) is 0 Å². The minimum absolute atomic E-state index is 0.0143. The van der Waals surface area contributed by atoms with E-state index in [0.29, 0.717) is 106 Å². The topological polar surface area (TPSA) is 379 Å². The molecule has 0 radical (unpaired) electrons. The van der Waals surface area contributed by atoms with Crippen molar-refractivity contribution < 1.29 is 81.6 Å². The number of nitrogens with zero attached hydrogens (tertiary/aromatic N) is 8. The first-order valence-corrected chi connectivity index (χ1v) is 43.6. The maximum atomic E-state index is 13.0. The van der Waals surface area contributed by atoms with Gasteiger partial charge < -0.3 is 74.7 Å². The summed E-state index contributed by atoms with van der Waals surface area (Å²) in [6.07, 6.45) is 25.4. The average Bonchev–Trinajstić information content (AvgIpc) is 0.998. The Labute approximate surface area is 717 Å². The monoisotopic (exact) mass is 1690 g/mol. The van der Waals surface area contributed by atoms with Crippen LogP contribution in [0, 0.1) is 0 Å². The fourth-order valence-corrected chi connectivity index (χ4v) is 17.6. The second-order valence-electron chi connectivity index (χ2n) is 32.7. The number of likely N-dealkylation sites (N-methyl/N-ethyl adjacent to an activating group) is 2. The molecule has 2 aromatic heterocycles. The van der Waals surface area contributed by atoms with Crippen LogP contribution in [-0.4, -0.2) is 187 Å². The fraction of sp³-hybridized carbons (Fsp3) is 0.500. The van der Waals surface area contributed by atoms with E-state index in [4.69, 9.17) is 28.9 Å². The Hall–Kier alpha value is -12.2. The number of imide groups is 2. The number of nitrogens with one attached hydrogen (secondary N) is 6. The van der Waals surface area contributed by atoms with E-state index < -0.39 is 29.9 Å². The quantitative estimate of drug-likeness (QED) is 0.0142. The number of ether oxygens (including phenoxy) is 4. The van der Waals surface area contributed by atoms with Gasteiger partial charge in [-0.15, -0.1) is 0 Å². The number of amides is 10. The highest BCUT2D eigenvalue weighted by molar-refractivity contribution is 6.09. The van der Waals surface area contributed by atoms with Crippen molar-refractivity contribution in [3.8, 4) is 23.0 Å². The molecule has 4 aromatic carbocycles. The van der Waals surface area contributed by atoms with Crippen LogP contribution < -0.4 is 70.4 Å². The van der Waals surface area contributed by atoms with E-state index in [1.54, 1.807) is 85.6 Å². The summed E-state index contributed by atoms with van der Waals surface area (Å²) in [6, 6.07) is 26.3. The van der Waals surface area contributed by atoms with Crippen LogP contribution in [0.3, 0.4) is 0 Å². The number of carbonyl (C=O) groups excluding carboxylic acids is 11. The van der Waals surface area contributed by atoms with Gasteiger partial charge in [-0.3, -0.25) is 63.4 Å². The van der Waals surface area contributed by atoms with Gasteiger partial charge in [0.1, 0.15) is 65.4 Å². The number of unbranched alkanes of at least 4 members (excludes halogenated alkanes) is 12. The first-order valence-electron chi connectivity index (χ1n) is 43.6. The van der Waals surface area contributed by atoms with Crippen molar-refractivity contribution in [1.82, 2.24) is 41.0 Å². The van der Waals surface area contributed by atoms with Gasteiger partial charge >= 0.3 is 5.97 Å². The first-order chi connectivity index (χ1) is 59.4. The molecule has 10 amide bonds. The summed E-state index contributed by atoms with van der Waals surface area (Å²) < 4.78 is 22.6. The normalized spacial score (nSPS) is 18.6. The minimum Gasteiger partial charge on any atom is -0.495 e. The van der Waals surface area contributed by atoms with Crippen molar-refractivity contribution in [1.29, 1.82) is 0 Å². The van der Waals surface area contributed by atoms with Crippen LogP contribution >= 0.6 is 0 Å². The molecule has 2 saturated carbocycles. The zero-order valence-electron chi connectivity index (χ0n) is 71.6. The molecule has 2 unspecified atom stereocenters. The molecule has 0 spiro atoms. The molecule has 4 atom stereocenters. The summed E-state index contributed by atoms with van der Waals surface area (Å²) >= 11 is 0. The highest BCUT2D eigenvalue weighted by Crippen LogP contribution is 2.44. The molecule has 8 heterocycles. The molecular formula is C92H116N14O17. The lowest BCUT2D eigenvalue weighted by Gasteiger charge is -2.42. The molecular weight excluding hydrogens is 1570 g/mol. The first kappa shape index (κ1) is 90.1. The van der Waals surface area contributed by atoms with E-state index in [2.05, 4.69) is 48.6 Å². The van der Waals surface area contributed by atoms with E-state index >= 15 is 0 Å². The van der Waals surface area contributed by atoms with Crippen molar-refractivity contribution in [3.05, 3.63) is 130 Å². The molecule has 123 heavy (non-hydrogen) atoms. The van der Waals surface area contributed by atoms with Gasteiger partial charge in [0.15, 0.2) is 24.0 Å². The number of aromatic nitrogens is 2. The van der Waals surface area contributed by atoms with E-state index in [9.17, 15) is 62.6 Å². The Bertz CT molecular complexity index is 4890. The second kappa shape index (κ2) is 42.6. The van der Waals surface area contributed by atoms with Gasteiger partial charge in [0.2, 0.25) is 35.4 Å². The molecule has 656 valence electrons. The average molecular weight is 1690 g/mol. The summed E-state index contributed by atoms with van der Waals surface area (Å²) in [5.41, 5.74) is 5.77. The van der Waals surface area contributed by atoms with Gasteiger partial charge in [-0.1, -0.05) is 115 Å². The van der Waals surface area contributed by atoms with Crippen LogP contribution in [0.4, 0.5) is 46.0 Å². The van der Waals surface area contributed by atoms with Crippen molar-refractivity contribution in [3.63, 3.8) is 0 Å². The van der Waals surface area contributed by atoms with Crippen LogP contribution in [0.15, 0.2) is 97.1 Å². The third-order valence-corrected chi connectivity index (χ3v) is 24.4. The summed E-state index contributed by atoms with van der Waals surface area (Å²) in [4.78, 5) is 169. The maximum absolute atomic E-state index is 13.0. The molecule has 8 aliphatic rings. The smallest absolute Gasteiger partial charge is 0.335 e. The molecule has 14 rings (SSSR count). The summed E-state index contributed by atoms with van der Waals surface area (Å²) in [6.45, 7) is 7.38.